The first kappa shape index (κ1) is 13.2. The van der Waals surface area contributed by atoms with Crippen LogP contribution in [0.1, 0.15) is 10.6 Å². The van der Waals surface area contributed by atoms with Crippen LogP contribution < -0.4 is 10.0 Å². The Balaban J connectivity index is 2.05. The molecule has 0 aromatic carbocycles. The first-order valence-electron chi connectivity index (χ1n) is 5.23. The van der Waals surface area contributed by atoms with Crippen molar-refractivity contribution in [2.75, 3.05) is 7.05 Å². The lowest BCUT2D eigenvalue weighted by molar-refractivity contribution is 0.380. The first-order valence-corrected chi connectivity index (χ1v) is 7.59. The Hall–Kier alpha value is -1.22. The minimum atomic E-state index is -3.49. The van der Waals surface area contributed by atoms with Crippen molar-refractivity contribution in [2.45, 2.75) is 18.0 Å². The van der Waals surface area contributed by atoms with Crippen LogP contribution >= 0.6 is 11.3 Å². The maximum absolute atomic E-state index is 12.0. The van der Waals surface area contributed by atoms with Crippen LogP contribution in [-0.2, 0) is 23.1 Å². The molecule has 0 radical (unpaired) electrons. The molecule has 0 aliphatic heterocycles. The van der Waals surface area contributed by atoms with E-state index in [1.807, 2.05) is 7.05 Å². The highest BCUT2D eigenvalue weighted by molar-refractivity contribution is 7.89. The maximum atomic E-state index is 12.0. The second-order valence-electron chi connectivity index (χ2n) is 3.58. The van der Waals surface area contributed by atoms with Crippen molar-refractivity contribution in [3.63, 3.8) is 0 Å². The predicted molar refractivity (Wildman–Crippen MR) is 67.6 cm³/mol. The number of thiophene rings is 1. The van der Waals surface area contributed by atoms with Crippen LogP contribution in [0.5, 0.6) is 0 Å². The van der Waals surface area contributed by atoms with Gasteiger partial charge in [-0.25, -0.2) is 13.1 Å². The fraction of sp³-hybridized carbons (Fsp3) is 0.300. The van der Waals surface area contributed by atoms with Crippen molar-refractivity contribution in [3.05, 3.63) is 34.3 Å². The van der Waals surface area contributed by atoms with Crippen molar-refractivity contribution in [1.29, 1.82) is 0 Å². The summed E-state index contributed by atoms with van der Waals surface area (Å²) < 4.78 is 31.2. The predicted octanol–water partition coefficient (Wildman–Crippen LogP) is 0.934. The lowest BCUT2D eigenvalue weighted by atomic mass is 10.5. The number of nitrogens with zero attached hydrogens (tertiary/aromatic N) is 1. The molecule has 0 fully saturated rings. The van der Waals surface area contributed by atoms with Gasteiger partial charge >= 0.3 is 0 Å². The summed E-state index contributed by atoms with van der Waals surface area (Å²) in [5, 5.41) is 8.10. The molecule has 2 aromatic rings. The fourth-order valence-electron chi connectivity index (χ4n) is 1.35. The van der Waals surface area contributed by atoms with Gasteiger partial charge in [-0.1, -0.05) is 5.16 Å². The fourth-order valence-corrected chi connectivity index (χ4v) is 3.63. The Labute approximate surface area is 109 Å². The molecule has 0 unspecified atom stereocenters. The number of sulfonamides is 1. The monoisotopic (exact) mass is 287 g/mol. The summed E-state index contributed by atoms with van der Waals surface area (Å²) in [4.78, 5) is 1.25. The summed E-state index contributed by atoms with van der Waals surface area (Å²) in [6, 6.07) is 3.27. The summed E-state index contributed by atoms with van der Waals surface area (Å²) >= 11 is 1.41. The van der Waals surface area contributed by atoms with E-state index in [9.17, 15) is 8.42 Å². The molecule has 2 rings (SSSR count). The van der Waals surface area contributed by atoms with Crippen LogP contribution in [0.15, 0.2) is 33.1 Å². The molecule has 2 N–H and O–H groups in total. The Morgan fingerprint density at radius 2 is 2.28 bits per heavy atom. The first-order chi connectivity index (χ1) is 8.62. The average Bonchev–Trinajstić information content (AvgIpc) is 2.98. The van der Waals surface area contributed by atoms with Crippen LogP contribution in [-0.4, -0.2) is 20.6 Å². The van der Waals surface area contributed by atoms with Gasteiger partial charge in [-0.15, -0.1) is 11.3 Å². The number of hydrogen-bond donors (Lipinski definition) is 2. The van der Waals surface area contributed by atoms with Crippen LogP contribution in [0, 0.1) is 0 Å². The van der Waals surface area contributed by atoms with Crippen molar-refractivity contribution in [3.8, 4) is 0 Å². The zero-order valence-corrected chi connectivity index (χ0v) is 11.3. The largest absolute Gasteiger partial charge is 0.360 e. The normalized spacial score (nSPS) is 11.8. The summed E-state index contributed by atoms with van der Waals surface area (Å²) in [6.07, 6.45) is 1.47. The van der Waals surface area contributed by atoms with Gasteiger partial charge in [0.25, 0.3) is 0 Å². The third-order valence-electron chi connectivity index (χ3n) is 2.22. The summed E-state index contributed by atoms with van der Waals surface area (Å²) in [7, 11) is -1.67. The minimum Gasteiger partial charge on any atom is -0.360 e. The quantitative estimate of drug-likeness (QED) is 0.826. The van der Waals surface area contributed by atoms with Crippen molar-refractivity contribution >= 4 is 21.4 Å². The van der Waals surface area contributed by atoms with E-state index in [0.717, 1.165) is 4.88 Å². The van der Waals surface area contributed by atoms with Gasteiger partial charge < -0.3 is 9.84 Å². The topological polar surface area (TPSA) is 84.2 Å². The standard InChI is InChI=1S/C10H13N3O3S2/c1-11-6-9-4-10(7-17-9)18(14,15)13-5-8-2-3-12-16-8/h2-4,7,11,13H,5-6H2,1H3. The Morgan fingerprint density at radius 1 is 1.44 bits per heavy atom. The van der Waals surface area contributed by atoms with Gasteiger partial charge in [0.05, 0.1) is 17.6 Å². The molecule has 0 aliphatic rings. The molecule has 6 nitrogen and oxygen atoms in total. The van der Waals surface area contributed by atoms with Gasteiger partial charge in [-0.2, -0.15) is 0 Å². The van der Waals surface area contributed by atoms with Crippen molar-refractivity contribution < 1.29 is 12.9 Å². The van der Waals surface area contributed by atoms with Gasteiger partial charge in [-0.3, -0.25) is 0 Å². The van der Waals surface area contributed by atoms with Crippen molar-refractivity contribution in [2.24, 2.45) is 0 Å². The van der Waals surface area contributed by atoms with Crippen LogP contribution in [0.3, 0.4) is 0 Å². The second kappa shape index (κ2) is 5.61. The van der Waals surface area contributed by atoms with E-state index in [2.05, 4.69) is 15.2 Å². The molecule has 8 heteroatoms. The molecule has 0 saturated heterocycles. The van der Waals surface area contributed by atoms with E-state index >= 15 is 0 Å². The third kappa shape index (κ3) is 3.16. The van der Waals surface area contributed by atoms with Gasteiger partial charge in [0, 0.05) is 22.9 Å². The van der Waals surface area contributed by atoms with Gasteiger partial charge in [-0.05, 0) is 13.1 Å². The lowest BCUT2D eigenvalue weighted by Gasteiger charge is -2.01. The maximum Gasteiger partial charge on any atom is 0.241 e. The highest BCUT2D eigenvalue weighted by Gasteiger charge is 2.16. The third-order valence-corrected chi connectivity index (χ3v) is 4.69. The van der Waals surface area contributed by atoms with Crippen LogP contribution in [0.25, 0.3) is 0 Å². The van der Waals surface area contributed by atoms with E-state index < -0.39 is 10.0 Å². The Bertz CT molecular complexity index is 590. The molecule has 0 bridgehead atoms. The van der Waals surface area contributed by atoms with Crippen LogP contribution in [0.2, 0.25) is 0 Å². The smallest absolute Gasteiger partial charge is 0.241 e. The molecular weight excluding hydrogens is 274 g/mol. The number of aromatic nitrogens is 1. The molecule has 0 amide bonds. The highest BCUT2D eigenvalue weighted by Crippen LogP contribution is 2.19. The van der Waals surface area contributed by atoms with Crippen LogP contribution in [0.4, 0.5) is 0 Å². The van der Waals surface area contributed by atoms with Gasteiger partial charge in [0.2, 0.25) is 10.0 Å². The molecule has 0 saturated carbocycles. The number of rotatable bonds is 6. The molecule has 0 aliphatic carbocycles. The number of nitrogens with one attached hydrogen (secondary N) is 2. The summed E-state index contributed by atoms with van der Waals surface area (Å²) in [5.41, 5.74) is 0. The molecule has 0 spiro atoms. The SMILES string of the molecule is CNCc1cc(S(=O)(=O)NCc2ccno2)cs1. The zero-order chi connectivity index (χ0) is 13.0. The Morgan fingerprint density at radius 3 is 2.94 bits per heavy atom. The van der Waals surface area contributed by atoms with E-state index in [1.54, 1.807) is 17.5 Å². The highest BCUT2D eigenvalue weighted by atomic mass is 32.2. The van der Waals surface area contributed by atoms with E-state index in [1.165, 1.54) is 17.5 Å². The minimum absolute atomic E-state index is 0.0968. The molecular formula is C10H13N3O3S2. The van der Waals surface area contributed by atoms with E-state index in [0.29, 0.717) is 12.3 Å². The zero-order valence-electron chi connectivity index (χ0n) is 9.71. The van der Waals surface area contributed by atoms with E-state index in [4.69, 9.17) is 4.52 Å². The molecule has 98 valence electrons. The molecule has 2 heterocycles. The van der Waals surface area contributed by atoms with Gasteiger partial charge in [0.1, 0.15) is 0 Å². The van der Waals surface area contributed by atoms with E-state index in [-0.39, 0.29) is 11.4 Å². The average molecular weight is 287 g/mol. The number of hydrogen-bond acceptors (Lipinski definition) is 6. The summed E-state index contributed by atoms with van der Waals surface area (Å²) in [6.45, 7) is 0.752. The molecule has 18 heavy (non-hydrogen) atoms. The summed E-state index contributed by atoms with van der Waals surface area (Å²) in [5.74, 6) is 0.476. The van der Waals surface area contributed by atoms with Crippen molar-refractivity contribution in [1.82, 2.24) is 15.2 Å². The van der Waals surface area contributed by atoms with Gasteiger partial charge in [0.15, 0.2) is 5.76 Å². The lowest BCUT2D eigenvalue weighted by Crippen LogP contribution is -2.22. The molecule has 0 atom stereocenters. The second-order valence-corrected chi connectivity index (χ2v) is 6.35. The Kier molecular flexibility index (Phi) is 4.12. The molecule has 2 aromatic heterocycles.